The second-order valence-electron chi connectivity index (χ2n) is 7.26. The quantitative estimate of drug-likeness (QED) is 0.311. The van der Waals surface area contributed by atoms with E-state index < -0.39 is 0 Å². The number of anilines is 1. The van der Waals surface area contributed by atoms with Crippen LogP contribution in [0.5, 0.6) is 17.2 Å². The van der Waals surface area contributed by atoms with Gasteiger partial charge in [0.05, 0.1) is 27.0 Å². The van der Waals surface area contributed by atoms with E-state index in [1.807, 2.05) is 60.0 Å². The fraction of sp³-hybridized carbons (Fsp3) is 0.111. The molecule has 0 aliphatic rings. The number of nitrogens with one attached hydrogen (secondary N) is 1. The first-order valence-electron chi connectivity index (χ1n) is 10.5. The molecule has 1 aromatic heterocycles. The molecule has 7 heteroatoms. The molecule has 0 atom stereocenters. The predicted octanol–water partition coefficient (Wildman–Crippen LogP) is 6.15. The first-order chi connectivity index (χ1) is 16.6. The maximum Gasteiger partial charge on any atom is 0.248 e. The van der Waals surface area contributed by atoms with E-state index in [2.05, 4.69) is 5.32 Å². The molecular weight excluding hydrogens is 448 g/mol. The van der Waals surface area contributed by atoms with Gasteiger partial charge in [0.1, 0.15) is 5.01 Å². The summed E-state index contributed by atoms with van der Waals surface area (Å²) in [6.07, 6.45) is 3.15. The van der Waals surface area contributed by atoms with Gasteiger partial charge in [0.2, 0.25) is 11.7 Å². The smallest absolute Gasteiger partial charge is 0.248 e. The number of nitrogens with zero attached hydrogens (tertiary/aromatic N) is 1. The predicted molar refractivity (Wildman–Crippen MR) is 137 cm³/mol. The van der Waals surface area contributed by atoms with Gasteiger partial charge in [-0.3, -0.25) is 4.79 Å². The van der Waals surface area contributed by atoms with Crippen molar-refractivity contribution in [3.8, 4) is 39.1 Å². The Kier molecular flexibility index (Phi) is 7.25. The van der Waals surface area contributed by atoms with Crippen LogP contribution in [0.4, 0.5) is 5.69 Å². The first kappa shape index (κ1) is 23.1. The molecule has 3 aromatic carbocycles. The Hall–Kier alpha value is -4.10. The highest BCUT2D eigenvalue weighted by Gasteiger charge is 2.12. The standard InChI is InChI=1S/C27H24N2O4S/c1-31-23-15-18(16-24(32-2)26(23)33-3)9-14-25(30)28-21-12-10-19(11-13-21)22-17-34-27(29-22)20-7-5-4-6-8-20/h4-17H,1-3H3,(H,28,30)/b14-9+. The molecule has 4 rings (SSSR count). The third kappa shape index (κ3) is 5.27. The number of amides is 1. The van der Waals surface area contributed by atoms with Gasteiger partial charge in [-0.2, -0.15) is 0 Å². The Morgan fingerprint density at radius 2 is 1.56 bits per heavy atom. The van der Waals surface area contributed by atoms with Gasteiger partial charge in [-0.25, -0.2) is 4.98 Å². The van der Waals surface area contributed by atoms with Crippen molar-refractivity contribution in [2.75, 3.05) is 26.6 Å². The molecule has 0 saturated heterocycles. The number of hydrogen-bond acceptors (Lipinski definition) is 6. The Bertz CT molecular complexity index is 1270. The fourth-order valence-electron chi connectivity index (χ4n) is 3.40. The second-order valence-corrected chi connectivity index (χ2v) is 8.12. The zero-order valence-electron chi connectivity index (χ0n) is 19.1. The third-order valence-corrected chi connectivity index (χ3v) is 5.98. The molecule has 0 saturated carbocycles. The van der Waals surface area contributed by atoms with Crippen molar-refractivity contribution in [3.63, 3.8) is 0 Å². The van der Waals surface area contributed by atoms with Gasteiger partial charge in [-0.15, -0.1) is 11.3 Å². The van der Waals surface area contributed by atoms with Crippen LogP contribution in [0.15, 0.2) is 78.2 Å². The lowest BCUT2D eigenvalue weighted by atomic mass is 10.1. The number of thiazole rings is 1. The van der Waals surface area contributed by atoms with Crippen LogP contribution in [0, 0.1) is 0 Å². The van der Waals surface area contributed by atoms with E-state index in [1.165, 1.54) is 6.08 Å². The lowest BCUT2D eigenvalue weighted by Crippen LogP contribution is -2.07. The third-order valence-electron chi connectivity index (χ3n) is 5.09. The molecule has 1 heterocycles. The van der Waals surface area contributed by atoms with E-state index in [9.17, 15) is 4.79 Å². The van der Waals surface area contributed by atoms with Gasteiger partial charge in [-0.05, 0) is 35.9 Å². The molecule has 0 bridgehead atoms. The highest BCUT2D eigenvalue weighted by atomic mass is 32.1. The van der Waals surface area contributed by atoms with Crippen molar-refractivity contribution in [1.29, 1.82) is 0 Å². The van der Waals surface area contributed by atoms with Gasteiger partial charge >= 0.3 is 0 Å². The zero-order valence-corrected chi connectivity index (χ0v) is 19.9. The molecule has 34 heavy (non-hydrogen) atoms. The van der Waals surface area contributed by atoms with Gasteiger partial charge in [0, 0.05) is 28.3 Å². The topological polar surface area (TPSA) is 69.7 Å². The van der Waals surface area contributed by atoms with Crippen molar-refractivity contribution in [2.45, 2.75) is 0 Å². The number of carbonyl (C=O) groups is 1. The Morgan fingerprint density at radius 1 is 0.882 bits per heavy atom. The summed E-state index contributed by atoms with van der Waals surface area (Å²) < 4.78 is 16.0. The maximum absolute atomic E-state index is 12.4. The van der Waals surface area contributed by atoms with E-state index in [4.69, 9.17) is 19.2 Å². The molecule has 1 amide bonds. The minimum atomic E-state index is -0.249. The lowest BCUT2D eigenvalue weighted by Gasteiger charge is -2.12. The summed E-state index contributed by atoms with van der Waals surface area (Å²) in [5.41, 5.74) is 4.44. The highest BCUT2D eigenvalue weighted by molar-refractivity contribution is 7.13. The van der Waals surface area contributed by atoms with E-state index in [-0.39, 0.29) is 5.91 Å². The van der Waals surface area contributed by atoms with Crippen molar-refractivity contribution < 1.29 is 19.0 Å². The molecule has 0 radical (unpaired) electrons. The summed E-state index contributed by atoms with van der Waals surface area (Å²) in [6.45, 7) is 0. The van der Waals surface area contributed by atoms with Crippen molar-refractivity contribution in [1.82, 2.24) is 4.98 Å². The molecule has 0 unspecified atom stereocenters. The summed E-state index contributed by atoms with van der Waals surface area (Å²) in [7, 11) is 4.65. The maximum atomic E-state index is 12.4. The molecule has 0 aliphatic heterocycles. The summed E-state index contributed by atoms with van der Waals surface area (Å²) in [4.78, 5) is 17.2. The van der Waals surface area contributed by atoms with Crippen LogP contribution in [0.2, 0.25) is 0 Å². The van der Waals surface area contributed by atoms with Crippen LogP contribution in [0.1, 0.15) is 5.56 Å². The normalized spacial score (nSPS) is 10.8. The lowest BCUT2D eigenvalue weighted by molar-refractivity contribution is -0.111. The molecule has 6 nitrogen and oxygen atoms in total. The SMILES string of the molecule is COc1cc(/C=C/C(=O)Nc2ccc(-c3csc(-c4ccccc4)n3)cc2)cc(OC)c1OC. The Morgan fingerprint density at radius 3 is 2.18 bits per heavy atom. The van der Waals surface area contributed by atoms with Crippen molar-refractivity contribution >= 4 is 29.0 Å². The minimum absolute atomic E-state index is 0.249. The Balaban J connectivity index is 1.43. The number of methoxy groups -OCH3 is 3. The van der Waals surface area contributed by atoms with Crippen LogP contribution in [-0.4, -0.2) is 32.2 Å². The first-order valence-corrected chi connectivity index (χ1v) is 11.4. The highest BCUT2D eigenvalue weighted by Crippen LogP contribution is 2.38. The molecule has 0 aliphatic carbocycles. The number of carbonyl (C=O) groups excluding carboxylic acids is 1. The number of benzene rings is 3. The number of ether oxygens (including phenoxy) is 3. The number of rotatable bonds is 8. The summed E-state index contributed by atoms with van der Waals surface area (Å²) in [5, 5.41) is 5.89. The van der Waals surface area contributed by atoms with Gasteiger partial charge in [0.15, 0.2) is 11.5 Å². The molecule has 0 fully saturated rings. The van der Waals surface area contributed by atoms with Crippen molar-refractivity contribution in [3.05, 3.63) is 83.7 Å². The average Bonchev–Trinajstić information content (AvgIpc) is 3.38. The van der Waals surface area contributed by atoms with Crippen LogP contribution < -0.4 is 19.5 Å². The summed E-state index contributed by atoms with van der Waals surface area (Å²) in [6, 6.07) is 21.3. The van der Waals surface area contributed by atoms with Crippen LogP contribution in [-0.2, 0) is 4.79 Å². The molecular formula is C27H24N2O4S. The minimum Gasteiger partial charge on any atom is -0.493 e. The summed E-state index contributed by atoms with van der Waals surface area (Å²) in [5.74, 6) is 1.30. The van der Waals surface area contributed by atoms with E-state index >= 15 is 0 Å². The average molecular weight is 473 g/mol. The van der Waals surface area contributed by atoms with Crippen LogP contribution in [0.3, 0.4) is 0 Å². The van der Waals surface area contributed by atoms with Crippen LogP contribution in [0.25, 0.3) is 27.9 Å². The molecule has 4 aromatic rings. The number of aromatic nitrogens is 1. The second kappa shape index (κ2) is 10.7. The van der Waals surface area contributed by atoms with Gasteiger partial charge < -0.3 is 19.5 Å². The summed E-state index contributed by atoms with van der Waals surface area (Å²) >= 11 is 1.61. The monoisotopic (exact) mass is 472 g/mol. The zero-order chi connectivity index (χ0) is 23.9. The van der Waals surface area contributed by atoms with E-state index in [1.54, 1.807) is 50.9 Å². The molecule has 0 spiro atoms. The van der Waals surface area contributed by atoms with Gasteiger partial charge in [0.25, 0.3) is 0 Å². The van der Waals surface area contributed by atoms with Crippen molar-refractivity contribution in [2.24, 2.45) is 0 Å². The van der Waals surface area contributed by atoms with E-state index in [0.717, 1.165) is 27.4 Å². The fourth-order valence-corrected chi connectivity index (χ4v) is 4.23. The molecule has 1 N–H and O–H groups in total. The van der Waals surface area contributed by atoms with Crippen LogP contribution >= 0.6 is 11.3 Å². The molecule has 172 valence electrons. The van der Waals surface area contributed by atoms with E-state index in [0.29, 0.717) is 22.9 Å². The Labute approximate surface area is 202 Å². The van der Waals surface area contributed by atoms with Gasteiger partial charge in [-0.1, -0.05) is 42.5 Å². The largest absolute Gasteiger partial charge is 0.493 e. The number of hydrogen-bond donors (Lipinski definition) is 1.